The van der Waals surface area contributed by atoms with Gasteiger partial charge in [-0.3, -0.25) is 0 Å². The molecule has 0 aromatic heterocycles. The molecule has 5 rings (SSSR count). The summed E-state index contributed by atoms with van der Waals surface area (Å²) in [6.07, 6.45) is 0. The van der Waals surface area contributed by atoms with Crippen molar-refractivity contribution in [1.82, 2.24) is 0 Å². The zero-order valence-corrected chi connectivity index (χ0v) is 15.5. The molecule has 0 heterocycles. The van der Waals surface area contributed by atoms with E-state index in [0.717, 1.165) is 17.5 Å². The number of hydrogen-bond donors (Lipinski definition) is 0. The first-order chi connectivity index (χ1) is 12.3. The Bertz CT molecular complexity index is 730. The molecular formula is C22H22O2Si. The normalized spacial score (nSPS) is 10.3. The van der Waals surface area contributed by atoms with E-state index in [2.05, 4.69) is 43.3 Å². The van der Waals surface area contributed by atoms with Crippen molar-refractivity contribution in [2.24, 2.45) is 0 Å². The highest BCUT2D eigenvalue weighted by Crippen LogP contribution is 2.15. The second-order valence-corrected chi connectivity index (χ2v) is 7.85. The van der Waals surface area contributed by atoms with Gasteiger partial charge in [0, 0.05) is 6.04 Å². The van der Waals surface area contributed by atoms with Gasteiger partial charge in [0.1, 0.15) is 11.5 Å². The van der Waals surface area contributed by atoms with Crippen molar-refractivity contribution in [3.05, 3.63) is 97.1 Å². The first kappa shape index (κ1) is 17.1. The summed E-state index contributed by atoms with van der Waals surface area (Å²) in [6, 6.07) is 33.3. The number of hydrogen-bond acceptors (Lipinski definition) is 2. The van der Waals surface area contributed by atoms with E-state index in [4.69, 9.17) is 8.85 Å². The molecule has 2 bridgehead atoms. The standard InChI is InChI=1S/C14H16O2Si.C8H6/c1-2-17(15-13-9-5-3-6-10-13)16-14-11-7-4-8-12-14;1-2-8-5-3-7(1)4-6-8/h3-12,17H,2H2,1H3;1-6H. The average Bonchev–Trinajstić information content (AvgIpc) is 2.71. The van der Waals surface area contributed by atoms with Crippen molar-refractivity contribution in [2.75, 3.05) is 0 Å². The predicted octanol–water partition coefficient (Wildman–Crippen LogP) is 5.66. The van der Waals surface area contributed by atoms with Gasteiger partial charge in [-0.2, -0.15) is 0 Å². The number of para-hydroxylation sites is 2. The zero-order chi connectivity index (χ0) is 17.3. The zero-order valence-electron chi connectivity index (χ0n) is 14.3. The van der Waals surface area contributed by atoms with Gasteiger partial charge in [-0.05, 0) is 35.0 Å². The van der Waals surface area contributed by atoms with Gasteiger partial charge in [-0.25, -0.2) is 0 Å². The van der Waals surface area contributed by atoms with Gasteiger partial charge in [-0.15, -0.1) is 0 Å². The Morgan fingerprint density at radius 2 is 0.920 bits per heavy atom. The van der Waals surface area contributed by atoms with Gasteiger partial charge in [0.15, 0.2) is 0 Å². The molecule has 5 aromatic carbocycles. The molecule has 0 fully saturated rings. The lowest BCUT2D eigenvalue weighted by Gasteiger charge is -2.17. The molecule has 0 spiro atoms. The van der Waals surface area contributed by atoms with Crippen LogP contribution in [0.25, 0.3) is 10.8 Å². The van der Waals surface area contributed by atoms with Crippen LogP contribution >= 0.6 is 0 Å². The van der Waals surface area contributed by atoms with Crippen LogP contribution in [-0.2, 0) is 0 Å². The van der Waals surface area contributed by atoms with Crippen LogP contribution in [0.15, 0.2) is 97.1 Å². The van der Waals surface area contributed by atoms with Gasteiger partial charge >= 0.3 is 9.28 Å². The second kappa shape index (κ2) is 8.90. The van der Waals surface area contributed by atoms with E-state index in [-0.39, 0.29) is 0 Å². The van der Waals surface area contributed by atoms with Gasteiger partial charge in [0.25, 0.3) is 0 Å². The Morgan fingerprint density at radius 3 is 1.20 bits per heavy atom. The molecule has 0 aliphatic heterocycles. The van der Waals surface area contributed by atoms with E-state index >= 15 is 0 Å². The Morgan fingerprint density at radius 1 is 0.560 bits per heavy atom. The van der Waals surface area contributed by atoms with Crippen molar-refractivity contribution in [3.8, 4) is 11.5 Å². The quantitative estimate of drug-likeness (QED) is 0.434. The molecule has 25 heavy (non-hydrogen) atoms. The lowest BCUT2D eigenvalue weighted by Crippen LogP contribution is -2.28. The molecule has 0 atom stereocenters. The summed E-state index contributed by atoms with van der Waals surface area (Å²) in [7, 11) is -1.67. The van der Waals surface area contributed by atoms with E-state index in [1.54, 1.807) is 0 Å². The Balaban J connectivity index is 0.000000188. The SMILES string of the molecule is CC[SiH](Oc1ccccc1)Oc1ccccc1.c1cc2ccc1cc2. The van der Waals surface area contributed by atoms with E-state index in [1.165, 1.54) is 10.8 Å². The first-order valence-corrected chi connectivity index (χ1v) is 10.3. The molecule has 0 aliphatic rings. The van der Waals surface area contributed by atoms with E-state index in [0.29, 0.717) is 0 Å². The maximum Gasteiger partial charge on any atom is 0.443 e. The highest BCUT2D eigenvalue weighted by Gasteiger charge is 2.14. The lowest BCUT2D eigenvalue weighted by molar-refractivity contribution is 0.423. The molecule has 126 valence electrons. The van der Waals surface area contributed by atoms with Crippen LogP contribution in [0.4, 0.5) is 0 Å². The third-order valence-electron chi connectivity index (χ3n) is 3.76. The van der Waals surface area contributed by atoms with Crippen LogP contribution in [0.1, 0.15) is 6.92 Å². The van der Waals surface area contributed by atoms with Gasteiger partial charge in [0.05, 0.1) is 0 Å². The Labute approximate surface area is 150 Å². The summed E-state index contributed by atoms with van der Waals surface area (Å²) in [4.78, 5) is 0. The Kier molecular flexibility index (Phi) is 6.07. The summed E-state index contributed by atoms with van der Waals surface area (Å²) in [6.45, 7) is 2.10. The fraction of sp³-hybridized carbons (Fsp3) is 0.0909. The highest BCUT2D eigenvalue weighted by molar-refractivity contribution is 6.46. The monoisotopic (exact) mass is 346 g/mol. The van der Waals surface area contributed by atoms with Crippen molar-refractivity contribution in [3.63, 3.8) is 0 Å². The van der Waals surface area contributed by atoms with Crippen molar-refractivity contribution in [2.45, 2.75) is 13.0 Å². The minimum absolute atomic E-state index is 0.891. The maximum atomic E-state index is 5.88. The smallest absolute Gasteiger partial charge is 0.443 e. The minimum Gasteiger partial charge on any atom is -0.514 e. The summed E-state index contributed by atoms with van der Waals surface area (Å²) >= 11 is 0. The second-order valence-electron chi connectivity index (χ2n) is 5.70. The number of benzene rings is 5. The van der Waals surface area contributed by atoms with Crippen molar-refractivity contribution in [1.29, 1.82) is 0 Å². The molecule has 0 amide bonds. The van der Waals surface area contributed by atoms with Gasteiger partial charge < -0.3 is 8.85 Å². The fourth-order valence-corrected chi connectivity index (χ4v) is 3.71. The third kappa shape index (κ3) is 5.36. The lowest BCUT2D eigenvalue weighted by atomic mass is 10.1. The first-order valence-electron chi connectivity index (χ1n) is 8.55. The van der Waals surface area contributed by atoms with Crippen LogP contribution in [0.3, 0.4) is 0 Å². The van der Waals surface area contributed by atoms with Crippen LogP contribution in [0, 0.1) is 0 Å². The molecule has 0 aliphatic carbocycles. The Hall–Kier alpha value is -2.78. The number of rotatable bonds is 5. The van der Waals surface area contributed by atoms with E-state index < -0.39 is 9.28 Å². The summed E-state index contributed by atoms with van der Waals surface area (Å²) < 4.78 is 11.8. The minimum atomic E-state index is -1.67. The predicted molar refractivity (Wildman–Crippen MR) is 107 cm³/mol. The third-order valence-corrected chi connectivity index (χ3v) is 5.50. The van der Waals surface area contributed by atoms with E-state index in [1.807, 2.05) is 60.7 Å². The van der Waals surface area contributed by atoms with Crippen molar-refractivity contribution < 1.29 is 8.85 Å². The number of fused-ring (bicyclic) bond motifs is 3. The summed E-state index contributed by atoms with van der Waals surface area (Å²) in [5.41, 5.74) is 0. The fourth-order valence-electron chi connectivity index (χ4n) is 2.40. The van der Waals surface area contributed by atoms with E-state index in [9.17, 15) is 0 Å². The molecule has 0 saturated carbocycles. The molecule has 0 unspecified atom stereocenters. The maximum absolute atomic E-state index is 5.88. The summed E-state index contributed by atoms with van der Waals surface area (Å²) in [5.74, 6) is 1.78. The molecule has 0 radical (unpaired) electrons. The largest absolute Gasteiger partial charge is 0.514 e. The molecular weight excluding hydrogens is 324 g/mol. The summed E-state index contributed by atoms with van der Waals surface area (Å²) in [5, 5.41) is 2.61. The van der Waals surface area contributed by atoms with Crippen LogP contribution < -0.4 is 8.85 Å². The van der Waals surface area contributed by atoms with Crippen LogP contribution in [0.5, 0.6) is 11.5 Å². The highest BCUT2D eigenvalue weighted by atomic mass is 28.3. The molecule has 2 nitrogen and oxygen atoms in total. The van der Waals surface area contributed by atoms with Crippen LogP contribution in [-0.4, -0.2) is 9.28 Å². The molecule has 0 saturated heterocycles. The van der Waals surface area contributed by atoms with Gasteiger partial charge in [-0.1, -0.05) is 79.7 Å². The van der Waals surface area contributed by atoms with Gasteiger partial charge in [0.2, 0.25) is 0 Å². The molecule has 0 N–H and O–H groups in total. The topological polar surface area (TPSA) is 18.5 Å². The average molecular weight is 347 g/mol. The van der Waals surface area contributed by atoms with Crippen LogP contribution in [0.2, 0.25) is 6.04 Å². The van der Waals surface area contributed by atoms with Crippen molar-refractivity contribution >= 4 is 20.1 Å². The molecule has 5 aromatic rings. The molecule has 3 heteroatoms.